The predicted octanol–water partition coefficient (Wildman–Crippen LogP) is 5.52. The molecule has 0 fully saturated rings. The number of hydrogen-bond donors (Lipinski definition) is 1. The number of halogens is 1. The molecule has 1 N–H and O–H groups in total. The van der Waals surface area contributed by atoms with E-state index in [-0.39, 0.29) is 5.91 Å². The largest absolute Gasteiger partial charge is 0.478 e. The minimum Gasteiger partial charge on any atom is -0.478 e. The van der Waals surface area contributed by atoms with Crippen molar-refractivity contribution in [2.24, 2.45) is 0 Å². The van der Waals surface area contributed by atoms with Crippen LogP contribution < -0.4 is 14.8 Å². The summed E-state index contributed by atoms with van der Waals surface area (Å²) in [6.45, 7) is 7.10. The molecule has 0 spiro atoms. The monoisotopic (exact) mass is 477 g/mol. The zero-order valence-corrected chi connectivity index (χ0v) is 20.0. The zero-order valence-electron chi connectivity index (χ0n) is 19.2. The van der Waals surface area contributed by atoms with Crippen molar-refractivity contribution in [3.63, 3.8) is 0 Å². The van der Waals surface area contributed by atoms with Crippen molar-refractivity contribution >= 4 is 23.2 Å². The Balaban J connectivity index is 1.42. The highest BCUT2D eigenvalue weighted by Gasteiger charge is 2.30. The number of amides is 1. The van der Waals surface area contributed by atoms with Gasteiger partial charge in [0.15, 0.2) is 5.60 Å². The molecule has 2 heterocycles. The van der Waals surface area contributed by atoms with Crippen molar-refractivity contribution in [3.05, 3.63) is 83.7 Å². The summed E-state index contributed by atoms with van der Waals surface area (Å²) in [5.74, 6) is 3.30. The number of carbonyl (C=O) groups excluding carboxylic acids is 1. The molecule has 0 bridgehead atoms. The Morgan fingerprint density at radius 2 is 1.68 bits per heavy atom. The number of aromatic nitrogens is 4. The van der Waals surface area contributed by atoms with Gasteiger partial charge in [-0.15, -0.1) is 0 Å². The number of ether oxygens (including phenoxy) is 2. The minimum absolute atomic E-state index is 0.289. The molecule has 0 unspecified atom stereocenters. The molecule has 4 rings (SSSR count). The van der Waals surface area contributed by atoms with Gasteiger partial charge in [0.1, 0.15) is 29.0 Å². The number of hydrogen-bond acceptors (Lipinski definition) is 6. The van der Waals surface area contributed by atoms with Crippen molar-refractivity contribution in [1.82, 2.24) is 19.5 Å². The average molecular weight is 478 g/mol. The van der Waals surface area contributed by atoms with Crippen LogP contribution in [0.1, 0.15) is 25.5 Å². The molecular formula is C25H24ClN5O3. The molecule has 8 nitrogen and oxygen atoms in total. The Morgan fingerprint density at radius 3 is 2.32 bits per heavy atom. The third-order valence-corrected chi connectivity index (χ3v) is 5.19. The van der Waals surface area contributed by atoms with Crippen LogP contribution in [0.5, 0.6) is 17.4 Å². The molecule has 34 heavy (non-hydrogen) atoms. The molecule has 0 aliphatic heterocycles. The lowest BCUT2D eigenvalue weighted by molar-refractivity contribution is -0.128. The van der Waals surface area contributed by atoms with Crippen molar-refractivity contribution in [2.45, 2.75) is 33.3 Å². The summed E-state index contributed by atoms with van der Waals surface area (Å²) in [5, 5.41) is 3.47. The highest BCUT2D eigenvalue weighted by atomic mass is 35.5. The maximum absolute atomic E-state index is 12.8. The van der Waals surface area contributed by atoms with E-state index in [9.17, 15) is 4.79 Å². The van der Waals surface area contributed by atoms with Crippen LogP contribution >= 0.6 is 11.6 Å². The van der Waals surface area contributed by atoms with Gasteiger partial charge in [0.25, 0.3) is 5.91 Å². The van der Waals surface area contributed by atoms with E-state index in [1.807, 2.05) is 17.7 Å². The molecule has 0 aliphatic rings. The first-order chi connectivity index (χ1) is 16.2. The van der Waals surface area contributed by atoms with Gasteiger partial charge in [-0.05, 0) is 76.2 Å². The maximum atomic E-state index is 12.8. The Labute approximate surface area is 202 Å². The minimum atomic E-state index is -1.09. The van der Waals surface area contributed by atoms with Crippen LogP contribution in [0.15, 0.2) is 67.0 Å². The topological polar surface area (TPSA) is 91.2 Å². The molecule has 9 heteroatoms. The molecule has 174 valence electrons. The summed E-state index contributed by atoms with van der Waals surface area (Å²) in [4.78, 5) is 25.8. The molecule has 4 aromatic rings. The van der Waals surface area contributed by atoms with Crippen LogP contribution in [0.4, 0.5) is 5.69 Å². The Bertz CT molecular complexity index is 1300. The van der Waals surface area contributed by atoms with E-state index in [1.165, 1.54) is 0 Å². The van der Waals surface area contributed by atoms with Crippen LogP contribution in [-0.4, -0.2) is 31.0 Å². The molecule has 0 aliphatic carbocycles. The molecule has 0 atom stereocenters. The first-order valence-electron chi connectivity index (χ1n) is 10.6. The molecular weight excluding hydrogens is 454 g/mol. The second-order valence-electron chi connectivity index (χ2n) is 8.10. The van der Waals surface area contributed by atoms with E-state index >= 15 is 0 Å². The molecule has 0 saturated heterocycles. The summed E-state index contributed by atoms with van der Waals surface area (Å²) in [7, 11) is 0. The SMILES string of the molecule is Cc1nc(Oc2ccc(NC(=O)C(C)(C)Oc3ccc(Cl)cc3)cc2)cc(-n2ccnc2C)n1. The standard InChI is InChI=1S/C25H24ClN5O3/c1-16-28-22(31-14-13-27-17(31)2)15-23(29-16)33-20-11-7-19(8-12-20)30-24(32)25(3,4)34-21-9-5-18(26)6-10-21/h5-15H,1-4H3,(H,30,32). The van der Waals surface area contributed by atoms with Crippen molar-refractivity contribution < 1.29 is 14.3 Å². The number of anilines is 1. The van der Waals surface area contributed by atoms with Gasteiger partial charge in [0, 0.05) is 29.2 Å². The fourth-order valence-electron chi connectivity index (χ4n) is 3.17. The van der Waals surface area contributed by atoms with Gasteiger partial charge in [-0.1, -0.05) is 11.6 Å². The van der Waals surface area contributed by atoms with E-state index in [1.54, 1.807) is 81.6 Å². The number of aryl methyl sites for hydroxylation is 2. The van der Waals surface area contributed by atoms with Crippen molar-refractivity contribution in [2.75, 3.05) is 5.32 Å². The normalized spacial score (nSPS) is 11.2. The smallest absolute Gasteiger partial charge is 0.267 e. The van der Waals surface area contributed by atoms with Crippen LogP contribution in [0.3, 0.4) is 0 Å². The van der Waals surface area contributed by atoms with Gasteiger partial charge in [-0.3, -0.25) is 9.36 Å². The summed E-state index contributed by atoms with van der Waals surface area (Å²) < 4.78 is 13.6. The number of carbonyl (C=O) groups is 1. The number of nitrogens with one attached hydrogen (secondary N) is 1. The molecule has 0 radical (unpaired) electrons. The number of rotatable bonds is 7. The lowest BCUT2D eigenvalue weighted by atomic mass is 10.1. The molecule has 2 aromatic heterocycles. The molecule has 2 aromatic carbocycles. The van der Waals surface area contributed by atoms with Crippen LogP contribution in [0, 0.1) is 13.8 Å². The van der Waals surface area contributed by atoms with E-state index in [0.29, 0.717) is 39.7 Å². The lowest BCUT2D eigenvalue weighted by Gasteiger charge is -2.25. The van der Waals surface area contributed by atoms with Crippen molar-refractivity contribution in [3.8, 4) is 23.2 Å². The van der Waals surface area contributed by atoms with Gasteiger partial charge >= 0.3 is 0 Å². The van der Waals surface area contributed by atoms with Gasteiger partial charge < -0.3 is 14.8 Å². The highest BCUT2D eigenvalue weighted by Crippen LogP contribution is 2.25. The number of imidazole rings is 1. The summed E-state index contributed by atoms with van der Waals surface area (Å²) in [6.07, 6.45) is 3.54. The lowest BCUT2D eigenvalue weighted by Crippen LogP contribution is -2.42. The van der Waals surface area contributed by atoms with E-state index in [2.05, 4.69) is 20.3 Å². The van der Waals surface area contributed by atoms with Gasteiger partial charge in [-0.2, -0.15) is 4.98 Å². The number of benzene rings is 2. The fraction of sp³-hybridized carbons (Fsp3) is 0.200. The van der Waals surface area contributed by atoms with Crippen LogP contribution in [0.2, 0.25) is 5.02 Å². The number of nitrogens with zero attached hydrogens (tertiary/aromatic N) is 4. The fourth-order valence-corrected chi connectivity index (χ4v) is 3.30. The van der Waals surface area contributed by atoms with E-state index in [4.69, 9.17) is 21.1 Å². The highest BCUT2D eigenvalue weighted by molar-refractivity contribution is 6.30. The summed E-state index contributed by atoms with van der Waals surface area (Å²) in [6, 6.07) is 15.6. The molecule has 1 amide bonds. The van der Waals surface area contributed by atoms with Gasteiger partial charge in [0.2, 0.25) is 5.88 Å². The maximum Gasteiger partial charge on any atom is 0.267 e. The Hall–Kier alpha value is -3.91. The van der Waals surface area contributed by atoms with E-state index in [0.717, 1.165) is 5.82 Å². The van der Waals surface area contributed by atoms with Crippen LogP contribution in [-0.2, 0) is 4.79 Å². The van der Waals surface area contributed by atoms with Crippen molar-refractivity contribution in [1.29, 1.82) is 0 Å². The third-order valence-electron chi connectivity index (χ3n) is 4.94. The summed E-state index contributed by atoms with van der Waals surface area (Å²) in [5.41, 5.74) is -0.484. The Kier molecular flexibility index (Phi) is 6.51. The van der Waals surface area contributed by atoms with Gasteiger partial charge in [-0.25, -0.2) is 9.97 Å². The first kappa shape index (κ1) is 23.3. The zero-order chi connectivity index (χ0) is 24.3. The second-order valence-corrected chi connectivity index (χ2v) is 8.54. The molecule has 0 saturated carbocycles. The summed E-state index contributed by atoms with van der Waals surface area (Å²) >= 11 is 5.91. The Morgan fingerprint density at radius 1 is 1.00 bits per heavy atom. The predicted molar refractivity (Wildman–Crippen MR) is 130 cm³/mol. The average Bonchev–Trinajstić information content (AvgIpc) is 3.22. The van der Waals surface area contributed by atoms with Gasteiger partial charge in [0.05, 0.1) is 0 Å². The quantitative estimate of drug-likeness (QED) is 0.377. The third kappa shape index (κ3) is 5.52. The first-order valence-corrected chi connectivity index (χ1v) is 11.0. The van der Waals surface area contributed by atoms with E-state index < -0.39 is 5.60 Å². The second kappa shape index (κ2) is 9.52. The van der Waals surface area contributed by atoms with Crippen LogP contribution in [0.25, 0.3) is 5.82 Å².